The molecule has 332 valence electrons. The fraction of sp³-hybridized carbons (Fsp3) is 0.0702. The number of aromatic nitrogens is 7. The summed E-state index contributed by atoms with van der Waals surface area (Å²) >= 11 is 0. The largest absolute Gasteiger partial charge is 0.495 e. The van der Waals surface area contributed by atoms with Gasteiger partial charge in [-0.3, -0.25) is 9.13 Å². The molecule has 0 radical (unpaired) electrons. The first-order valence-electron chi connectivity index (χ1n) is 23.0. The van der Waals surface area contributed by atoms with Crippen molar-refractivity contribution in [1.82, 2.24) is 28.4 Å². The summed E-state index contributed by atoms with van der Waals surface area (Å²) in [6.07, 6.45) is 13.7. The fourth-order valence-electron chi connectivity index (χ4n) is 10.4. The Kier molecular flexibility index (Phi) is 8.42. The Morgan fingerprint density at radius 2 is 1.04 bits per heavy atom. The summed E-state index contributed by atoms with van der Waals surface area (Å²) in [6.45, 7) is 0. The minimum Gasteiger partial charge on any atom is -0.456 e. The molecule has 70 heavy (non-hydrogen) atoms. The van der Waals surface area contributed by atoms with E-state index >= 15 is 0 Å². The molecule has 0 atom stereocenters. The number of hydrogen-bond acceptors (Lipinski definition) is 4. The highest BCUT2D eigenvalue weighted by Gasteiger charge is 2.31. The summed E-state index contributed by atoms with van der Waals surface area (Å²) in [5, 5.41) is 5.25. The molecule has 0 unspecified atom stereocenters. The van der Waals surface area contributed by atoms with Crippen LogP contribution in [-0.2, 0) is 14.1 Å². The van der Waals surface area contributed by atoms with Crippen molar-refractivity contribution < 1.29 is 32.3 Å². The summed E-state index contributed by atoms with van der Waals surface area (Å²) in [7, 11) is 8.11. The second-order valence-electron chi connectivity index (χ2n) is 17.8. The molecule has 13 nitrogen and oxygen atoms in total. The number of hydrogen-bond donors (Lipinski definition) is 0. The number of benzene rings is 5. The van der Waals surface area contributed by atoms with Gasteiger partial charge in [-0.1, -0.05) is 60.7 Å². The van der Waals surface area contributed by atoms with Crippen LogP contribution < -0.4 is 14.0 Å². The maximum atomic E-state index is 7.10. The number of ether oxygens (including phenoxy) is 2. The monoisotopic (exact) mass is 912 g/mol. The van der Waals surface area contributed by atoms with Crippen LogP contribution in [0.3, 0.4) is 0 Å². The van der Waals surface area contributed by atoms with Crippen LogP contribution >= 0.6 is 0 Å². The van der Waals surface area contributed by atoms with E-state index in [4.69, 9.17) is 19.4 Å². The first-order valence-corrected chi connectivity index (χ1v) is 23.0. The van der Waals surface area contributed by atoms with Crippen molar-refractivity contribution >= 4 is 94.5 Å². The lowest BCUT2D eigenvalue weighted by Crippen LogP contribution is -2.31. The van der Waals surface area contributed by atoms with Crippen molar-refractivity contribution in [3.05, 3.63) is 183 Å². The molecule has 0 aliphatic carbocycles. The molecule has 0 amide bonds. The summed E-state index contributed by atoms with van der Waals surface area (Å²) in [4.78, 5) is 9.93. The average Bonchev–Trinajstić information content (AvgIpc) is 4.25. The Labute approximate surface area is 399 Å². The topological polar surface area (TPSA) is 80.1 Å². The highest BCUT2D eigenvalue weighted by molar-refractivity contribution is 6.20. The third-order valence-corrected chi connectivity index (χ3v) is 13.6. The van der Waals surface area contributed by atoms with Gasteiger partial charge >= 0.3 is 12.0 Å². The van der Waals surface area contributed by atoms with Gasteiger partial charge in [-0.05, 0) is 71.3 Å². The van der Waals surface area contributed by atoms with Crippen LogP contribution in [0.1, 0.15) is 0 Å². The SMILES string of the molecule is Cn1c2ccccc2c2c(Oc3ccc4c(c3)n(-c3ccccn3)c3c5ccc(Oc6cc([N+]7=C=[N+](C)C=C7)c[n+]7c6c6ccccc6n7C)cc5n(-c5ccccn5)c43)cc([N+]3=C=[N+](C)C=C3)cc21. The van der Waals surface area contributed by atoms with Crippen LogP contribution in [0.5, 0.6) is 23.0 Å². The summed E-state index contributed by atoms with van der Waals surface area (Å²) in [6, 6.07) is 54.7. The minimum atomic E-state index is 0.677. The highest BCUT2D eigenvalue weighted by Crippen LogP contribution is 2.45. The van der Waals surface area contributed by atoms with Gasteiger partial charge in [0.2, 0.25) is 23.8 Å². The molecule has 9 heterocycles. The van der Waals surface area contributed by atoms with Crippen molar-refractivity contribution in [2.45, 2.75) is 0 Å². The first-order chi connectivity index (χ1) is 34.3. The molecule has 2 aliphatic rings. The van der Waals surface area contributed by atoms with Crippen LogP contribution in [0.15, 0.2) is 183 Å². The van der Waals surface area contributed by atoms with Gasteiger partial charge in [0, 0.05) is 59.3 Å². The molecule has 5 aromatic carbocycles. The standard InChI is InChI=1S/C57H42N11O2/c1-60-25-27-64(35-60)37-29-49-54(41-13-5-7-15-45(41)62(49)3)50(30-37)69-39-19-21-43-47(32-39)67(52-17-9-11-23-58-52)57-44-22-20-40(33-48(44)68(56(43)57)53-18-10-12-24-59-53)70-51-31-38(65-28-26-61(2)36-65)34-66-55(51)42-14-6-8-16-46(42)63(66)4/h5-34H,1-4H3/q+5. The van der Waals surface area contributed by atoms with Gasteiger partial charge in [-0.25, -0.2) is 9.97 Å². The molecule has 13 heteroatoms. The van der Waals surface area contributed by atoms with E-state index in [1.165, 1.54) is 0 Å². The fourth-order valence-corrected chi connectivity index (χ4v) is 10.4. The van der Waals surface area contributed by atoms with Gasteiger partial charge < -0.3 is 14.0 Å². The van der Waals surface area contributed by atoms with Gasteiger partial charge in [-0.2, -0.15) is 0 Å². The van der Waals surface area contributed by atoms with E-state index in [1.807, 2.05) is 106 Å². The molecule has 7 aromatic heterocycles. The lowest BCUT2D eigenvalue weighted by molar-refractivity contribution is -0.607. The molecule has 2 aliphatic heterocycles. The van der Waals surface area contributed by atoms with Crippen molar-refractivity contribution in [3.8, 4) is 34.6 Å². The summed E-state index contributed by atoms with van der Waals surface area (Å²) < 4.78 is 33.0. The van der Waals surface area contributed by atoms with E-state index in [-0.39, 0.29) is 0 Å². The maximum absolute atomic E-state index is 7.10. The number of fused-ring (bicyclic) bond motifs is 11. The maximum Gasteiger partial charge on any atom is 0.495 e. The Bertz CT molecular complexity index is 4190. The zero-order chi connectivity index (χ0) is 46.8. The van der Waals surface area contributed by atoms with Crippen LogP contribution in [-0.4, -0.2) is 72.8 Å². The third-order valence-electron chi connectivity index (χ3n) is 13.6. The Balaban J connectivity index is 0.983. The first kappa shape index (κ1) is 39.5. The quantitative estimate of drug-likeness (QED) is 0.142. The molecule has 0 spiro atoms. The van der Waals surface area contributed by atoms with Crippen molar-refractivity contribution in [2.24, 2.45) is 14.1 Å². The molecule has 0 saturated carbocycles. The van der Waals surface area contributed by atoms with Crippen LogP contribution in [0.25, 0.3) is 82.7 Å². The minimum absolute atomic E-state index is 0.677. The Morgan fingerprint density at radius 1 is 0.486 bits per heavy atom. The predicted molar refractivity (Wildman–Crippen MR) is 270 cm³/mol. The summed E-state index contributed by atoms with van der Waals surface area (Å²) in [5.74, 6) is 4.37. The molecule has 0 fully saturated rings. The number of rotatable bonds is 8. The second kappa shape index (κ2) is 14.9. The zero-order valence-electron chi connectivity index (χ0n) is 38.6. The highest BCUT2D eigenvalue weighted by atomic mass is 16.5. The zero-order valence-corrected chi connectivity index (χ0v) is 38.6. The molecule has 0 N–H and O–H groups in total. The number of pyridine rings is 3. The van der Waals surface area contributed by atoms with E-state index in [1.54, 1.807) is 0 Å². The van der Waals surface area contributed by atoms with Gasteiger partial charge in [0.05, 0.1) is 57.5 Å². The number of para-hydroxylation sites is 2. The average molecular weight is 913 g/mol. The Morgan fingerprint density at radius 3 is 1.64 bits per heavy atom. The Hall–Kier alpha value is -9.67. The van der Waals surface area contributed by atoms with Crippen LogP contribution in [0, 0.1) is 0 Å². The van der Waals surface area contributed by atoms with Crippen LogP contribution in [0.2, 0.25) is 0 Å². The number of nitrogens with zero attached hydrogens (tertiary/aromatic N) is 11. The number of aryl methyl sites for hydroxylation is 2. The molecular weight excluding hydrogens is 871 g/mol. The summed E-state index contributed by atoms with van der Waals surface area (Å²) in [5.41, 5.74) is 9.91. The molecule has 0 saturated heterocycles. The normalized spacial score (nSPS) is 13.5. The van der Waals surface area contributed by atoms with Crippen molar-refractivity contribution in [1.29, 1.82) is 0 Å². The second-order valence-corrected chi connectivity index (χ2v) is 17.8. The van der Waals surface area contributed by atoms with Gasteiger partial charge in [0.25, 0.3) is 29.8 Å². The molecular formula is C57H42N11O2+5. The van der Waals surface area contributed by atoms with E-state index in [0.29, 0.717) is 17.2 Å². The lowest BCUT2D eigenvalue weighted by Gasteiger charge is -2.12. The van der Waals surface area contributed by atoms with E-state index in [0.717, 1.165) is 99.8 Å². The van der Waals surface area contributed by atoms with Crippen molar-refractivity contribution in [3.63, 3.8) is 0 Å². The lowest BCUT2D eigenvalue weighted by atomic mass is 10.1. The third kappa shape index (κ3) is 5.90. The molecule has 0 bridgehead atoms. The van der Waals surface area contributed by atoms with Crippen LogP contribution in [0.4, 0.5) is 11.4 Å². The van der Waals surface area contributed by atoms with Crippen molar-refractivity contribution in [2.75, 3.05) is 14.1 Å². The molecule has 12 aromatic rings. The van der Waals surface area contributed by atoms with E-state index < -0.39 is 0 Å². The van der Waals surface area contributed by atoms with Gasteiger partial charge in [-0.15, -0.1) is 4.68 Å². The van der Waals surface area contributed by atoms with Gasteiger partial charge in [0.15, 0.2) is 14.1 Å². The van der Waals surface area contributed by atoms with E-state index in [9.17, 15) is 0 Å². The van der Waals surface area contributed by atoms with E-state index in [2.05, 4.69) is 158 Å². The van der Waals surface area contributed by atoms with Gasteiger partial charge in [0.1, 0.15) is 34.4 Å². The predicted octanol–water partition coefficient (Wildman–Crippen LogP) is 10.9. The molecule has 14 rings (SSSR count). The smallest absolute Gasteiger partial charge is 0.456 e.